The van der Waals surface area contributed by atoms with E-state index < -0.39 is 21.8 Å². The van der Waals surface area contributed by atoms with Gasteiger partial charge in [0.05, 0.1) is 4.90 Å². The minimum Gasteiger partial charge on any atom is -0.346 e. The number of hydrogen-bond acceptors (Lipinski definition) is 4. The number of carbonyl (C=O) groups excluding carboxylic acids is 2. The summed E-state index contributed by atoms with van der Waals surface area (Å²) in [5, 5.41) is 5.17. The lowest BCUT2D eigenvalue weighted by Gasteiger charge is -2.24. The number of rotatable bonds is 5. The van der Waals surface area contributed by atoms with Crippen LogP contribution in [0.15, 0.2) is 53.4 Å². The smallest absolute Gasteiger partial charge is 0.313 e. The van der Waals surface area contributed by atoms with E-state index in [1.165, 1.54) is 4.31 Å². The molecule has 1 heterocycles. The summed E-state index contributed by atoms with van der Waals surface area (Å²) >= 11 is 0. The maximum Gasteiger partial charge on any atom is 0.313 e. The van der Waals surface area contributed by atoms with Gasteiger partial charge in [-0.2, -0.15) is 4.31 Å². The molecule has 0 saturated carbocycles. The first kappa shape index (κ1) is 21.0. The highest BCUT2D eigenvalue weighted by Crippen LogP contribution is 2.25. The highest BCUT2D eigenvalue weighted by Gasteiger charge is 2.35. The summed E-state index contributed by atoms with van der Waals surface area (Å²) in [5.41, 5.74) is 2.50. The van der Waals surface area contributed by atoms with Gasteiger partial charge in [-0.3, -0.25) is 9.59 Å². The zero-order chi connectivity index (χ0) is 21.0. The van der Waals surface area contributed by atoms with Crippen molar-refractivity contribution in [2.45, 2.75) is 37.6 Å². The quantitative estimate of drug-likeness (QED) is 0.732. The summed E-state index contributed by atoms with van der Waals surface area (Å²) in [4.78, 5) is 24.6. The van der Waals surface area contributed by atoms with Crippen molar-refractivity contribution >= 4 is 27.5 Å². The van der Waals surface area contributed by atoms with Crippen LogP contribution in [0.2, 0.25) is 0 Å². The average molecular weight is 416 g/mol. The molecule has 1 aliphatic heterocycles. The zero-order valence-corrected chi connectivity index (χ0v) is 17.3. The molecule has 0 radical (unpaired) electrons. The van der Waals surface area contributed by atoms with Gasteiger partial charge in [-0.15, -0.1) is 0 Å². The van der Waals surface area contributed by atoms with Gasteiger partial charge in [-0.25, -0.2) is 8.42 Å². The molecular weight excluding hydrogens is 390 g/mol. The van der Waals surface area contributed by atoms with Crippen molar-refractivity contribution in [3.63, 3.8) is 0 Å². The number of anilines is 1. The van der Waals surface area contributed by atoms with E-state index in [1.54, 1.807) is 36.4 Å². The van der Waals surface area contributed by atoms with Gasteiger partial charge < -0.3 is 10.6 Å². The molecule has 8 heteroatoms. The molecule has 1 fully saturated rings. The molecule has 1 atom stereocenters. The fourth-order valence-electron chi connectivity index (χ4n) is 3.48. The molecule has 154 valence electrons. The van der Waals surface area contributed by atoms with Gasteiger partial charge in [-0.05, 0) is 50.5 Å². The van der Waals surface area contributed by atoms with Crippen molar-refractivity contribution < 1.29 is 18.0 Å². The Hall–Kier alpha value is -2.71. The Morgan fingerprint density at radius 1 is 1.07 bits per heavy atom. The Balaban J connectivity index is 1.61. The second kappa shape index (κ2) is 8.75. The van der Waals surface area contributed by atoms with Gasteiger partial charge in [0.25, 0.3) is 0 Å². The van der Waals surface area contributed by atoms with Crippen LogP contribution in [0.4, 0.5) is 5.69 Å². The Morgan fingerprint density at radius 3 is 2.48 bits per heavy atom. The number of benzene rings is 2. The molecule has 0 unspecified atom stereocenters. The van der Waals surface area contributed by atoms with Gasteiger partial charge >= 0.3 is 11.8 Å². The highest BCUT2D eigenvalue weighted by molar-refractivity contribution is 7.89. The highest BCUT2D eigenvalue weighted by atomic mass is 32.2. The van der Waals surface area contributed by atoms with Gasteiger partial charge in [0.1, 0.15) is 0 Å². The van der Waals surface area contributed by atoms with E-state index >= 15 is 0 Å². The van der Waals surface area contributed by atoms with Crippen LogP contribution in [0.25, 0.3) is 0 Å². The lowest BCUT2D eigenvalue weighted by Crippen LogP contribution is -2.45. The standard InChI is InChI=1S/C21H25N3O4S/c1-15-10-11-19(16(2)13-15)23-21(26)20(25)22-14-17-7-6-12-24(17)29(27,28)18-8-4-3-5-9-18/h3-5,8-11,13,17H,6-7,12,14H2,1-2H3,(H,22,25)(H,23,26)/t17-/m1/s1. The Kier molecular flexibility index (Phi) is 6.34. The fourth-order valence-corrected chi connectivity index (χ4v) is 5.19. The molecule has 1 saturated heterocycles. The average Bonchev–Trinajstić information content (AvgIpc) is 3.18. The van der Waals surface area contributed by atoms with E-state index in [4.69, 9.17) is 0 Å². The van der Waals surface area contributed by atoms with Crippen molar-refractivity contribution in [3.05, 3.63) is 59.7 Å². The number of amides is 2. The van der Waals surface area contributed by atoms with Gasteiger partial charge in [0.15, 0.2) is 0 Å². The first-order chi connectivity index (χ1) is 13.8. The van der Waals surface area contributed by atoms with Crippen LogP contribution in [0.3, 0.4) is 0 Å². The molecule has 7 nitrogen and oxygen atoms in total. The monoisotopic (exact) mass is 415 g/mol. The van der Waals surface area contributed by atoms with Crippen LogP contribution in [-0.2, 0) is 19.6 Å². The van der Waals surface area contributed by atoms with E-state index in [9.17, 15) is 18.0 Å². The number of nitrogens with one attached hydrogen (secondary N) is 2. The molecule has 2 aromatic carbocycles. The third-order valence-corrected chi connectivity index (χ3v) is 6.97. The molecule has 2 N–H and O–H groups in total. The summed E-state index contributed by atoms with van der Waals surface area (Å²) in [6, 6.07) is 13.4. The number of carbonyl (C=O) groups is 2. The third kappa shape index (κ3) is 4.83. The maximum absolute atomic E-state index is 12.9. The summed E-state index contributed by atoms with van der Waals surface area (Å²) in [6.45, 7) is 4.28. The number of hydrogen-bond donors (Lipinski definition) is 2. The summed E-state index contributed by atoms with van der Waals surface area (Å²) in [7, 11) is -3.63. The van der Waals surface area contributed by atoms with E-state index in [1.807, 2.05) is 26.0 Å². The molecule has 0 aromatic heterocycles. The second-order valence-corrected chi connectivity index (χ2v) is 9.10. The topological polar surface area (TPSA) is 95.6 Å². The molecular formula is C21H25N3O4S. The van der Waals surface area contributed by atoms with Gasteiger partial charge in [0.2, 0.25) is 10.0 Å². The van der Waals surface area contributed by atoms with Crippen molar-refractivity contribution in [2.75, 3.05) is 18.4 Å². The normalized spacial score (nSPS) is 17.1. The second-order valence-electron chi connectivity index (χ2n) is 7.21. The summed E-state index contributed by atoms with van der Waals surface area (Å²) in [6.07, 6.45) is 1.34. The molecule has 2 aromatic rings. The first-order valence-corrected chi connectivity index (χ1v) is 11.0. The predicted molar refractivity (Wildman–Crippen MR) is 111 cm³/mol. The zero-order valence-electron chi connectivity index (χ0n) is 16.5. The molecule has 0 spiro atoms. The predicted octanol–water partition coefficient (Wildman–Crippen LogP) is 2.21. The number of aryl methyl sites for hydroxylation is 2. The van der Waals surface area contributed by atoms with Crippen molar-refractivity contribution in [1.29, 1.82) is 0 Å². The largest absolute Gasteiger partial charge is 0.346 e. The van der Waals surface area contributed by atoms with Crippen LogP contribution in [0.5, 0.6) is 0 Å². The van der Waals surface area contributed by atoms with Crippen LogP contribution in [-0.4, -0.2) is 43.7 Å². The Morgan fingerprint density at radius 2 is 1.79 bits per heavy atom. The Bertz CT molecular complexity index is 1010. The van der Waals surface area contributed by atoms with E-state index in [-0.39, 0.29) is 17.5 Å². The molecule has 0 bridgehead atoms. The molecule has 2 amide bonds. The maximum atomic E-state index is 12.9. The lowest BCUT2D eigenvalue weighted by molar-refractivity contribution is -0.136. The minimum absolute atomic E-state index is 0.0885. The van der Waals surface area contributed by atoms with Crippen LogP contribution in [0, 0.1) is 13.8 Å². The molecule has 0 aliphatic carbocycles. The Labute approximate surface area is 171 Å². The lowest BCUT2D eigenvalue weighted by atomic mass is 10.1. The third-order valence-electron chi connectivity index (χ3n) is 5.01. The first-order valence-electron chi connectivity index (χ1n) is 9.52. The van der Waals surface area contributed by atoms with Crippen molar-refractivity contribution in [3.8, 4) is 0 Å². The van der Waals surface area contributed by atoms with Crippen LogP contribution < -0.4 is 10.6 Å². The fraction of sp³-hybridized carbons (Fsp3) is 0.333. The van der Waals surface area contributed by atoms with E-state index in [0.29, 0.717) is 25.1 Å². The number of sulfonamides is 1. The van der Waals surface area contributed by atoms with E-state index in [0.717, 1.165) is 11.1 Å². The van der Waals surface area contributed by atoms with Gasteiger partial charge in [-0.1, -0.05) is 35.9 Å². The van der Waals surface area contributed by atoms with Gasteiger partial charge in [0, 0.05) is 24.8 Å². The van der Waals surface area contributed by atoms with Crippen LogP contribution >= 0.6 is 0 Å². The summed E-state index contributed by atoms with van der Waals surface area (Å²) < 4.78 is 27.1. The molecule has 29 heavy (non-hydrogen) atoms. The van der Waals surface area contributed by atoms with Crippen molar-refractivity contribution in [2.24, 2.45) is 0 Å². The minimum atomic E-state index is -3.63. The SMILES string of the molecule is Cc1ccc(NC(=O)C(=O)NC[C@H]2CCCN2S(=O)(=O)c2ccccc2)c(C)c1. The van der Waals surface area contributed by atoms with E-state index in [2.05, 4.69) is 10.6 Å². The molecule has 1 aliphatic rings. The summed E-state index contributed by atoms with van der Waals surface area (Å²) in [5.74, 6) is -1.55. The van der Waals surface area contributed by atoms with Crippen molar-refractivity contribution in [1.82, 2.24) is 9.62 Å². The molecule has 3 rings (SSSR count). The van der Waals surface area contributed by atoms with Crippen LogP contribution in [0.1, 0.15) is 24.0 Å². The number of nitrogens with zero attached hydrogens (tertiary/aromatic N) is 1.